The standard InChI is InChI=1S/C20H21ClO5/c1-5-26-20-10-13(7-9-17(20)23-2)6-8-16(22)14-11-15(21)19(25-4)12-18(14)24-3/h6-12H,5H2,1-4H3/b8-6+. The van der Waals surface area contributed by atoms with E-state index in [1.165, 1.54) is 26.4 Å². The molecule has 0 heterocycles. The van der Waals surface area contributed by atoms with Crippen LogP contribution in [0.5, 0.6) is 23.0 Å². The molecule has 2 rings (SSSR count). The van der Waals surface area contributed by atoms with E-state index in [0.29, 0.717) is 40.2 Å². The van der Waals surface area contributed by atoms with E-state index in [1.807, 2.05) is 19.1 Å². The molecule has 6 heteroatoms. The molecule has 0 amide bonds. The van der Waals surface area contributed by atoms with Crippen molar-refractivity contribution in [2.45, 2.75) is 6.92 Å². The van der Waals surface area contributed by atoms with Crippen molar-refractivity contribution in [3.8, 4) is 23.0 Å². The van der Waals surface area contributed by atoms with Gasteiger partial charge in [-0.25, -0.2) is 0 Å². The molecule has 0 saturated carbocycles. The van der Waals surface area contributed by atoms with Gasteiger partial charge in [-0.05, 0) is 36.8 Å². The molecule has 0 N–H and O–H groups in total. The number of methoxy groups -OCH3 is 3. The molecule has 0 aromatic heterocycles. The Morgan fingerprint density at radius 1 is 0.962 bits per heavy atom. The van der Waals surface area contributed by atoms with Gasteiger partial charge in [-0.1, -0.05) is 23.7 Å². The van der Waals surface area contributed by atoms with Crippen LogP contribution in [-0.4, -0.2) is 33.7 Å². The third-order valence-corrected chi connectivity index (χ3v) is 3.95. The SMILES string of the molecule is CCOc1cc(/C=C/C(=O)c2cc(Cl)c(OC)cc2OC)ccc1OC. The number of hydrogen-bond donors (Lipinski definition) is 0. The zero-order valence-electron chi connectivity index (χ0n) is 15.2. The molecule has 0 bridgehead atoms. The van der Waals surface area contributed by atoms with Crippen molar-refractivity contribution >= 4 is 23.5 Å². The number of ketones is 1. The highest BCUT2D eigenvalue weighted by Crippen LogP contribution is 2.33. The Labute approximate surface area is 158 Å². The fourth-order valence-electron chi connectivity index (χ4n) is 2.38. The summed E-state index contributed by atoms with van der Waals surface area (Å²) in [4.78, 5) is 12.6. The number of allylic oxidation sites excluding steroid dienone is 1. The first-order chi connectivity index (χ1) is 12.5. The first-order valence-corrected chi connectivity index (χ1v) is 8.36. The van der Waals surface area contributed by atoms with Gasteiger partial charge in [-0.3, -0.25) is 4.79 Å². The summed E-state index contributed by atoms with van der Waals surface area (Å²) in [5.41, 5.74) is 1.16. The number of benzene rings is 2. The highest BCUT2D eigenvalue weighted by Gasteiger charge is 2.14. The van der Waals surface area contributed by atoms with Crippen molar-refractivity contribution in [2.75, 3.05) is 27.9 Å². The lowest BCUT2D eigenvalue weighted by Crippen LogP contribution is -2.00. The summed E-state index contributed by atoms with van der Waals surface area (Å²) in [6, 6.07) is 8.56. The summed E-state index contributed by atoms with van der Waals surface area (Å²) in [6.07, 6.45) is 3.15. The fourth-order valence-corrected chi connectivity index (χ4v) is 2.62. The normalized spacial score (nSPS) is 10.7. The molecule has 138 valence electrons. The van der Waals surface area contributed by atoms with Crippen molar-refractivity contribution in [3.05, 3.63) is 52.6 Å². The van der Waals surface area contributed by atoms with Crippen LogP contribution in [-0.2, 0) is 0 Å². The number of ether oxygens (including phenoxy) is 4. The minimum Gasteiger partial charge on any atom is -0.496 e. The first kappa shape index (κ1) is 19.7. The maximum absolute atomic E-state index is 12.6. The molecule has 0 radical (unpaired) electrons. The Morgan fingerprint density at radius 3 is 2.27 bits per heavy atom. The summed E-state index contributed by atoms with van der Waals surface area (Å²) in [5.74, 6) is 1.86. The van der Waals surface area contributed by atoms with Gasteiger partial charge in [0.2, 0.25) is 0 Å². The summed E-state index contributed by atoms with van der Waals surface area (Å²) in [5, 5.41) is 0.341. The van der Waals surface area contributed by atoms with Crippen molar-refractivity contribution in [2.24, 2.45) is 0 Å². The minimum atomic E-state index is -0.236. The second-order valence-corrected chi connectivity index (χ2v) is 5.64. The quantitative estimate of drug-likeness (QED) is 0.495. The number of carbonyl (C=O) groups excluding carboxylic acids is 1. The van der Waals surface area contributed by atoms with E-state index in [4.69, 9.17) is 30.5 Å². The van der Waals surface area contributed by atoms with Crippen LogP contribution < -0.4 is 18.9 Å². The zero-order chi connectivity index (χ0) is 19.1. The zero-order valence-corrected chi connectivity index (χ0v) is 15.9. The highest BCUT2D eigenvalue weighted by molar-refractivity contribution is 6.32. The van der Waals surface area contributed by atoms with Gasteiger partial charge < -0.3 is 18.9 Å². The smallest absolute Gasteiger partial charge is 0.189 e. The molecule has 0 aliphatic heterocycles. The predicted molar refractivity (Wildman–Crippen MR) is 102 cm³/mol. The average Bonchev–Trinajstić information content (AvgIpc) is 2.66. The van der Waals surface area contributed by atoms with Crippen molar-refractivity contribution < 1.29 is 23.7 Å². The Balaban J connectivity index is 2.30. The van der Waals surface area contributed by atoms with Gasteiger partial charge in [-0.15, -0.1) is 0 Å². The molecular formula is C20H21ClO5. The summed E-state index contributed by atoms with van der Waals surface area (Å²) >= 11 is 6.12. The maximum atomic E-state index is 12.6. The molecule has 0 saturated heterocycles. The van der Waals surface area contributed by atoms with E-state index in [0.717, 1.165) is 5.56 Å². The van der Waals surface area contributed by atoms with Crippen molar-refractivity contribution in [3.63, 3.8) is 0 Å². The van der Waals surface area contributed by atoms with Crippen LogP contribution in [0, 0.1) is 0 Å². The Bertz CT molecular complexity index is 814. The van der Waals surface area contributed by atoms with Crippen LogP contribution in [0.25, 0.3) is 6.08 Å². The van der Waals surface area contributed by atoms with Gasteiger partial charge >= 0.3 is 0 Å². The second kappa shape index (κ2) is 9.15. The lowest BCUT2D eigenvalue weighted by atomic mass is 10.1. The number of hydrogen-bond acceptors (Lipinski definition) is 5. The van der Waals surface area contributed by atoms with Crippen molar-refractivity contribution in [1.82, 2.24) is 0 Å². The molecule has 0 aliphatic carbocycles. The molecule has 0 fully saturated rings. The third kappa shape index (κ3) is 4.49. The lowest BCUT2D eigenvalue weighted by Gasteiger charge is -2.10. The van der Waals surface area contributed by atoms with E-state index in [-0.39, 0.29) is 5.78 Å². The van der Waals surface area contributed by atoms with Crippen molar-refractivity contribution in [1.29, 1.82) is 0 Å². The van der Waals surface area contributed by atoms with Gasteiger partial charge in [-0.2, -0.15) is 0 Å². The number of carbonyl (C=O) groups is 1. The van der Waals surface area contributed by atoms with E-state index in [2.05, 4.69) is 0 Å². The molecule has 2 aromatic carbocycles. The molecule has 26 heavy (non-hydrogen) atoms. The van der Waals surface area contributed by atoms with Crippen LogP contribution in [0.15, 0.2) is 36.4 Å². The molecule has 0 spiro atoms. The lowest BCUT2D eigenvalue weighted by molar-refractivity contribution is 0.104. The molecule has 5 nitrogen and oxygen atoms in total. The summed E-state index contributed by atoms with van der Waals surface area (Å²) in [6.45, 7) is 2.41. The number of halogens is 1. The Hall–Kier alpha value is -2.66. The van der Waals surface area contributed by atoms with Gasteiger partial charge in [0.25, 0.3) is 0 Å². The third-order valence-electron chi connectivity index (χ3n) is 3.65. The highest BCUT2D eigenvalue weighted by atomic mass is 35.5. The van der Waals surface area contributed by atoms with Gasteiger partial charge in [0.1, 0.15) is 11.5 Å². The fraction of sp³-hybridized carbons (Fsp3) is 0.250. The van der Waals surface area contributed by atoms with E-state index in [1.54, 1.807) is 25.3 Å². The van der Waals surface area contributed by atoms with Crippen LogP contribution in [0.2, 0.25) is 5.02 Å². The van der Waals surface area contributed by atoms with E-state index >= 15 is 0 Å². The molecule has 0 unspecified atom stereocenters. The van der Waals surface area contributed by atoms with E-state index in [9.17, 15) is 4.79 Å². The van der Waals surface area contributed by atoms with Crippen LogP contribution in [0.3, 0.4) is 0 Å². The van der Waals surface area contributed by atoms with Crippen LogP contribution >= 0.6 is 11.6 Å². The van der Waals surface area contributed by atoms with Crippen LogP contribution in [0.1, 0.15) is 22.8 Å². The van der Waals surface area contributed by atoms with Crippen LogP contribution in [0.4, 0.5) is 0 Å². The minimum absolute atomic E-state index is 0.236. The van der Waals surface area contributed by atoms with Gasteiger partial charge in [0.05, 0.1) is 38.5 Å². The average molecular weight is 377 g/mol. The topological polar surface area (TPSA) is 54.0 Å². The second-order valence-electron chi connectivity index (χ2n) is 5.23. The number of rotatable bonds is 8. The van der Waals surface area contributed by atoms with Gasteiger partial charge in [0, 0.05) is 6.07 Å². The molecule has 0 aliphatic rings. The van der Waals surface area contributed by atoms with E-state index < -0.39 is 0 Å². The molecular weight excluding hydrogens is 356 g/mol. The molecule has 2 aromatic rings. The largest absolute Gasteiger partial charge is 0.496 e. The Kier molecular flexibility index (Phi) is 6.92. The maximum Gasteiger partial charge on any atom is 0.189 e. The van der Waals surface area contributed by atoms with Gasteiger partial charge in [0.15, 0.2) is 17.3 Å². The molecule has 0 atom stereocenters. The summed E-state index contributed by atoms with van der Waals surface area (Å²) in [7, 11) is 4.57. The Morgan fingerprint density at radius 2 is 1.65 bits per heavy atom. The summed E-state index contributed by atoms with van der Waals surface area (Å²) < 4.78 is 21.2. The monoisotopic (exact) mass is 376 g/mol. The first-order valence-electron chi connectivity index (χ1n) is 7.98. The predicted octanol–water partition coefficient (Wildman–Crippen LogP) is 4.66.